The van der Waals surface area contributed by atoms with E-state index in [1.165, 1.54) is 0 Å². The minimum absolute atomic E-state index is 0.210. The van der Waals surface area contributed by atoms with E-state index in [0.717, 1.165) is 42.5 Å². The fraction of sp³-hybridized carbons (Fsp3) is 0.474. The third-order valence-corrected chi connectivity index (χ3v) is 4.12. The monoisotopic (exact) mass is 327 g/mol. The summed E-state index contributed by atoms with van der Waals surface area (Å²) in [6, 6.07) is 10.6. The van der Waals surface area contributed by atoms with E-state index in [9.17, 15) is 4.79 Å². The molecule has 1 saturated heterocycles. The maximum atomic E-state index is 12.1. The molecule has 1 amide bonds. The molecule has 1 aromatic carbocycles. The van der Waals surface area contributed by atoms with Crippen LogP contribution in [0.4, 0.5) is 10.5 Å². The third kappa shape index (κ3) is 4.16. The Morgan fingerprint density at radius 1 is 1.25 bits per heavy atom. The SMILES string of the molecule is CC(C)(C)OC(=O)N1CCC(Nc2ccc3ncccc3c2)CC1. The Kier molecular flexibility index (Phi) is 4.60. The normalized spacial score (nSPS) is 16.2. The van der Waals surface area contributed by atoms with Gasteiger partial charge in [-0.05, 0) is 57.9 Å². The van der Waals surface area contributed by atoms with Crippen molar-refractivity contribution in [3.63, 3.8) is 0 Å². The van der Waals surface area contributed by atoms with E-state index in [-0.39, 0.29) is 6.09 Å². The van der Waals surface area contributed by atoms with E-state index in [4.69, 9.17) is 4.74 Å². The van der Waals surface area contributed by atoms with Gasteiger partial charge < -0.3 is 15.0 Å². The second-order valence-corrected chi connectivity index (χ2v) is 7.30. The van der Waals surface area contributed by atoms with Gasteiger partial charge in [-0.1, -0.05) is 6.07 Å². The molecule has 1 N–H and O–H groups in total. The van der Waals surface area contributed by atoms with Crippen LogP contribution < -0.4 is 5.32 Å². The number of pyridine rings is 1. The summed E-state index contributed by atoms with van der Waals surface area (Å²) in [6.45, 7) is 7.14. The molecule has 24 heavy (non-hydrogen) atoms. The Hall–Kier alpha value is -2.30. The lowest BCUT2D eigenvalue weighted by Crippen LogP contribution is -2.44. The predicted molar refractivity (Wildman–Crippen MR) is 96.2 cm³/mol. The number of benzene rings is 1. The molecular weight excluding hydrogens is 302 g/mol. The summed E-state index contributed by atoms with van der Waals surface area (Å²) in [5.74, 6) is 0. The van der Waals surface area contributed by atoms with Gasteiger partial charge in [-0.3, -0.25) is 4.98 Å². The Labute approximate surface area is 143 Å². The average Bonchev–Trinajstić information content (AvgIpc) is 2.54. The maximum Gasteiger partial charge on any atom is 0.410 e. The van der Waals surface area contributed by atoms with Crippen LogP contribution >= 0.6 is 0 Å². The summed E-state index contributed by atoms with van der Waals surface area (Å²) in [5.41, 5.74) is 1.67. The highest BCUT2D eigenvalue weighted by Crippen LogP contribution is 2.21. The molecule has 0 saturated carbocycles. The zero-order chi connectivity index (χ0) is 17.2. The molecule has 128 valence electrons. The van der Waals surface area contributed by atoms with Gasteiger partial charge >= 0.3 is 6.09 Å². The molecule has 0 unspecified atom stereocenters. The summed E-state index contributed by atoms with van der Waals surface area (Å²) in [4.78, 5) is 18.2. The first kappa shape index (κ1) is 16.6. The highest BCUT2D eigenvalue weighted by Gasteiger charge is 2.26. The fourth-order valence-corrected chi connectivity index (χ4v) is 2.93. The van der Waals surface area contributed by atoms with Crippen LogP contribution in [0.3, 0.4) is 0 Å². The first-order chi connectivity index (χ1) is 11.4. The van der Waals surface area contributed by atoms with E-state index < -0.39 is 5.60 Å². The first-order valence-corrected chi connectivity index (χ1v) is 8.50. The summed E-state index contributed by atoms with van der Waals surface area (Å²) in [6.07, 6.45) is 3.44. The Morgan fingerprint density at radius 2 is 2.00 bits per heavy atom. The number of nitrogens with one attached hydrogen (secondary N) is 1. The largest absolute Gasteiger partial charge is 0.444 e. The number of carbonyl (C=O) groups excluding carboxylic acids is 1. The molecule has 0 spiro atoms. The number of aromatic nitrogens is 1. The number of nitrogens with zero attached hydrogens (tertiary/aromatic N) is 2. The van der Waals surface area contributed by atoms with E-state index >= 15 is 0 Å². The van der Waals surface area contributed by atoms with Gasteiger partial charge in [-0.2, -0.15) is 0 Å². The molecule has 1 aliphatic rings. The topological polar surface area (TPSA) is 54.5 Å². The lowest BCUT2D eigenvalue weighted by atomic mass is 10.0. The molecule has 2 heterocycles. The molecular formula is C19H25N3O2. The quantitative estimate of drug-likeness (QED) is 0.904. The third-order valence-electron chi connectivity index (χ3n) is 4.12. The van der Waals surface area contributed by atoms with Crippen LogP contribution in [-0.2, 0) is 4.74 Å². The van der Waals surface area contributed by atoms with Gasteiger partial charge in [0.1, 0.15) is 5.60 Å². The molecule has 5 nitrogen and oxygen atoms in total. The minimum atomic E-state index is -0.439. The second kappa shape index (κ2) is 6.67. The highest BCUT2D eigenvalue weighted by atomic mass is 16.6. The molecule has 1 fully saturated rings. The van der Waals surface area contributed by atoms with Crippen molar-refractivity contribution >= 4 is 22.7 Å². The number of hydrogen-bond acceptors (Lipinski definition) is 4. The highest BCUT2D eigenvalue weighted by molar-refractivity contribution is 5.82. The van der Waals surface area contributed by atoms with Gasteiger partial charge in [-0.15, -0.1) is 0 Å². The van der Waals surface area contributed by atoms with Gasteiger partial charge in [0.05, 0.1) is 5.52 Å². The van der Waals surface area contributed by atoms with Gasteiger partial charge in [-0.25, -0.2) is 4.79 Å². The number of fused-ring (bicyclic) bond motifs is 1. The first-order valence-electron chi connectivity index (χ1n) is 8.50. The molecule has 0 radical (unpaired) electrons. The van der Waals surface area contributed by atoms with Crippen molar-refractivity contribution in [1.29, 1.82) is 0 Å². The Balaban J connectivity index is 1.55. The lowest BCUT2D eigenvalue weighted by Gasteiger charge is -2.34. The van der Waals surface area contributed by atoms with Crippen molar-refractivity contribution in [3.8, 4) is 0 Å². The number of carbonyl (C=O) groups is 1. The van der Waals surface area contributed by atoms with Crippen LogP contribution in [0.15, 0.2) is 36.5 Å². The predicted octanol–water partition coefficient (Wildman–Crippen LogP) is 4.05. The Morgan fingerprint density at radius 3 is 2.71 bits per heavy atom. The van der Waals surface area contributed by atoms with E-state index in [1.54, 1.807) is 4.90 Å². The number of piperidine rings is 1. The van der Waals surface area contributed by atoms with Gasteiger partial charge in [0, 0.05) is 36.4 Å². The molecule has 1 aromatic heterocycles. The second-order valence-electron chi connectivity index (χ2n) is 7.30. The maximum absolute atomic E-state index is 12.1. The van der Waals surface area contributed by atoms with Crippen molar-refractivity contribution in [2.24, 2.45) is 0 Å². The van der Waals surface area contributed by atoms with E-state index in [0.29, 0.717) is 6.04 Å². The molecule has 0 aliphatic carbocycles. The molecule has 0 atom stereocenters. The summed E-state index contributed by atoms with van der Waals surface area (Å²) in [5, 5.41) is 4.71. The van der Waals surface area contributed by atoms with Crippen LogP contribution in [0, 0.1) is 0 Å². The standard InChI is InChI=1S/C19H25N3O2/c1-19(2,3)24-18(23)22-11-8-15(9-12-22)21-16-6-7-17-14(13-16)5-4-10-20-17/h4-7,10,13,15,21H,8-9,11-12H2,1-3H3. The number of ether oxygens (including phenoxy) is 1. The van der Waals surface area contributed by atoms with E-state index in [1.807, 2.05) is 39.1 Å². The number of amides is 1. The fourth-order valence-electron chi connectivity index (χ4n) is 2.93. The van der Waals surface area contributed by atoms with E-state index in [2.05, 4.69) is 28.5 Å². The van der Waals surface area contributed by atoms with Gasteiger partial charge in [0.25, 0.3) is 0 Å². The van der Waals surface area contributed by atoms with Crippen molar-refractivity contribution in [2.75, 3.05) is 18.4 Å². The minimum Gasteiger partial charge on any atom is -0.444 e. The van der Waals surface area contributed by atoms with Crippen LogP contribution in [0.5, 0.6) is 0 Å². The molecule has 5 heteroatoms. The molecule has 3 rings (SSSR count). The number of rotatable bonds is 2. The van der Waals surface area contributed by atoms with Crippen LogP contribution in [0.25, 0.3) is 10.9 Å². The Bertz CT molecular complexity index is 716. The number of likely N-dealkylation sites (tertiary alicyclic amines) is 1. The zero-order valence-corrected chi connectivity index (χ0v) is 14.6. The number of anilines is 1. The summed E-state index contributed by atoms with van der Waals surface area (Å²) < 4.78 is 5.44. The van der Waals surface area contributed by atoms with Crippen LogP contribution in [-0.4, -0.2) is 40.7 Å². The molecule has 0 bridgehead atoms. The number of hydrogen-bond donors (Lipinski definition) is 1. The van der Waals surface area contributed by atoms with Gasteiger partial charge in [0.2, 0.25) is 0 Å². The lowest BCUT2D eigenvalue weighted by molar-refractivity contribution is 0.0210. The van der Waals surface area contributed by atoms with Gasteiger partial charge in [0.15, 0.2) is 0 Å². The van der Waals surface area contributed by atoms with Crippen molar-refractivity contribution in [1.82, 2.24) is 9.88 Å². The van der Waals surface area contributed by atoms with Crippen LogP contribution in [0.2, 0.25) is 0 Å². The molecule has 1 aliphatic heterocycles. The smallest absolute Gasteiger partial charge is 0.410 e. The van der Waals surface area contributed by atoms with Crippen LogP contribution in [0.1, 0.15) is 33.6 Å². The van der Waals surface area contributed by atoms with Crippen molar-refractivity contribution in [2.45, 2.75) is 45.3 Å². The zero-order valence-electron chi connectivity index (χ0n) is 14.6. The summed E-state index contributed by atoms with van der Waals surface area (Å²) in [7, 11) is 0. The summed E-state index contributed by atoms with van der Waals surface area (Å²) >= 11 is 0. The molecule has 2 aromatic rings. The van der Waals surface area contributed by atoms with Crippen molar-refractivity contribution < 1.29 is 9.53 Å². The van der Waals surface area contributed by atoms with Crippen molar-refractivity contribution in [3.05, 3.63) is 36.5 Å². The average molecular weight is 327 g/mol.